The fourth-order valence-corrected chi connectivity index (χ4v) is 3.78. The van der Waals surface area contributed by atoms with Crippen molar-refractivity contribution in [3.63, 3.8) is 0 Å². The highest BCUT2D eigenvalue weighted by Crippen LogP contribution is 2.25. The van der Waals surface area contributed by atoms with Crippen LogP contribution in [0.15, 0.2) is 24.3 Å². The van der Waals surface area contributed by atoms with Gasteiger partial charge in [0, 0.05) is 24.7 Å². The van der Waals surface area contributed by atoms with E-state index >= 15 is 0 Å². The van der Waals surface area contributed by atoms with Gasteiger partial charge in [-0.25, -0.2) is 0 Å². The third-order valence-electron chi connectivity index (χ3n) is 5.22. The quantitative estimate of drug-likeness (QED) is 0.880. The highest BCUT2D eigenvalue weighted by Gasteiger charge is 2.28. The normalized spacial score (nSPS) is 21.4. The van der Waals surface area contributed by atoms with Crippen molar-refractivity contribution in [1.29, 1.82) is 0 Å². The van der Waals surface area contributed by atoms with E-state index in [0.29, 0.717) is 12.5 Å². The van der Waals surface area contributed by atoms with Gasteiger partial charge in [-0.1, -0.05) is 19.3 Å². The maximum atomic E-state index is 12.6. The van der Waals surface area contributed by atoms with Gasteiger partial charge in [0.1, 0.15) is 5.75 Å². The SMILES string of the molecule is Cl.NCC1CCCN1C(=O)c1ccc(OCC2CCCCC2)cc1. The monoisotopic (exact) mass is 352 g/mol. The van der Waals surface area contributed by atoms with Gasteiger partial charge < -0.3 is 15.4 Å². The summed E-state index contributed by atoms with van der Waals surface area (Å²) >= 11 is 0. The van der Waals surface area contributed by atoms with Crippen molar-refractivity contribution in [2.45, 2.75) is 51.0 Å². The number of benzene rings is 1. The predicted molar refractivity (Wildman–Crippen MR) is 98.9 cm³/mol. The lowest BCUT2D eigenvalue weighted by atomic mass is 9.90. The summed E-state index contributed by atoms with van der Waals surface area (Å²) in [5.41, 5.74) is 6.49. The summed E-state index contributed by atoms with van der Waals surface area (Å²) in [7, 11) is 0. The van der Waals surface area contributed by atoms with E-state index in [2.05, 4.69) is 0 Å². The topological polar surface area (TPSA) is 55.6 Å². The van der Waals surface area contributed by atoms with Crippen LogP contribution in [0.3, 0.4) is 0 Å². The summed E-state index contributed by atoms with van der Waals surface area (Å²) in [5, 5.41) is 0. The van der Waals surface area contributed by atoms with Gasteiger partial charge >= 0.3 is 0 Å². The van der Waals surface area contributed by atoms with Gasteiger partial charge in [0.2, 0.25) is 0 Å². The van der Waals surface area contributed by atoms with Crippen molar-refractivity contribution in [2.24, 2.45) is 11.7 Å². The molecule has 3 rings (SSSR count). The van der Waals surface area contributed by atoms with Crippen molar-refractivity contribution in [3.05, 3.63) is 29.8 Å². The van der Waals surface area contributed by atoms with Crippen LogP contribution in [0, 0.1) is 5.92 Å². The number of carbonyl (C=O) groups is 1. The van der Waals surface area contributed by atoms with Crippen LogP contribution in [0.1, 0.15) is 55.3 Å². The van der Waals surface area contributed by atoms with Crippen molar-refractivity contribution in [3.8, 4) is 5.75 Å². The summed E-state index contributed by atoms with van der Waals surface area (Å²) in [5.74, 6) is 1.65. The molecule has 2 fully saturated rings. The summed E-state index contributed by atoms with van der Waals surface area (Å²) in [6, 6.07) is 7.80. The Labute approximate surface area is 151 Å². The van der Waals surface area contributed by atoms with Gasteiger partial charge in [-0.05, 0) is 55.9 Å². The van der Waals surface area contributed by atoms with Gasteiger partial charge in [-0.15, -0.1) is 12.4 Å². The van der Waals surface area contributed by atoms with Gasteiger partial charge in [0.25, 0.3) is 5.91 Å². The Bertz CT molecular complexity index is 515. The zero-order valence-electron chi connectivity index (χ0n) is 14.3. The zero-order chi connectivity index (χ0) is 16.1. The second-order valence-corrected chi connectivity index (χ2v) is 6.87. The zero-order valence-corrected chi connectivity index (χ0v) is 15.1. The van der Waals surface area contributed by atoms with Crippen molar-refractivity contribution < 1.29 is 9.53 Å². The fourth-order valence-electron chi connectivity index (χ4n) is 3.78. The molecule has 1 aromatic carbocycles. The first-order valence-electron chi connectivity index (χ1n) is 9.02. The van der Waals surface area contributed by atoms with E-state index in [-0.39, 0.29) is 24.4 Å². The lowest BCUT2D eigenvalue weighted by Crippen LogP contribution is -2.39. The molecular weight excluding hydrogens is 324 g/mol. The summed E-state index contributed by atoms with van der Waals surface area (Å²) in [6.07, 6.45) is 8.67. The van der Waals surface area contributed by atoms with E-state index in [4.69, 9.17) is 10.5 Å². The van der Waals surface area contributed by atoms with E-state index in [1.165, 1.54) is 32.1 Å². The number of hydrogen-bond donors (Lipinski definition) is 1. The minimum Gasteiger partial charge on any atom is -0.493 e. The summed E-state index contributed by atoms with van der Waals surface area (Å²) in [6.45, 7) is 2.17. The average molecular weight is 353 g/mol. The lowest BCUT2D eigenvalue weighted by Gasteiger charge is -2.24. The maximum absolute atomic E-state index is 12.6. The first-order valence-corrected chi connectivity index (χ1v) is 9.02. The molecule has 0 spiro atoms. The van der Waals surface area contributed by atoms with E-state index in [9.17, 15) is 4.79 Å². The highest BCUT2D eigenvalue weighted by atomic mass is 35.5. The van der Waals surface area contributed by atoms with Crippen LogP contribution in [0.5, 0.6) is 5.75 Å². The maximum Gasteiger partial charge on any atom is 0.254 e. The van der Waals surface area contributed by atoms with Crippen LogP contribution >= 0.6 is 12.4 Å². The molecule has 1 saturated heterocycles. The van der Waals surface area contributed by atoms with Crippen LogP contribution in [-0.2, 0) is 0 Å². The minimum absolute atomic E-state index is 0. The number of rotatable bonds is 5. The van der Waals surface area contributed by atoms with Crippen LogP contribution in [0.4, 0.5) is 0 Å². The molecule has 134 valence electrons. The molecule has 1 aromatic rings. The third-order valence-corrected chi connectivity index (χ3v) is 5.22. The van der Waals surface area contributed by atoms with E-state index in [0.717, 1.165) is 37.3 Å². The van der Waals surface area contributed by atoms with Crippen molar-refractivity contribution in [2.75, 3.05) is 19.7 Å². The molecule has 1 saturated carbocycles. The van der Waals surface area contributed by atoms with Crippen molar-refractivity contribution >= 4 is 18.3 Å². The number of nitrogens with zero attached hydrogens (tertiary/aromatic N) is 1. The Hall–Kier alpha value is -1.26. The predicted octanol–water partition coefficient (Wildman–Crippen LogP) is 3.63. The van der Waals surface area contributed by atoms with Crippen LogP contribution < -0.4 is 10.5 Å². The molecule has 0 bridgehead atoms. The number of halogens is 1. The summed E-state index contributed by atoms with van der Waals surface area (Å²) in [4.78, 5) is 14.5. The molecule has 1 unspecified atom stereocenters. The van der Waals surface area contributed by atoms with Gasteiger partial charge in [-0.3, -0.25) is 4.79 Å². The molecule has 1 aliphatic heterocycles. The second-order valence-electron chi connectivity index (χ2n) is 6.87. The van der Waals surface area contributed by atoms with Gasteiger partial charge in [0.15, 0.2) is 0 Å². The molecule has 1 atom stereocenters. The van der Waals surface area contributed by atoms with E-state index < -0.39 is 0 Å². The Morgan fingerprint density at radius 3 is 2.46 bits per heavy atom. The highest BCUT2D eigenvalue weighted by molar-refractivity contribution is 5.94. The Balaban J connectivity index is 0.00000208. The molecule has 1 aliphatic carbocycles. The molecular formula is C19H29ClN2O2. The second kappa shape index (κ2) is 9.28. The Morgan fingerprint density at radius 2 is 1.79 bits per heavy atom. The third kappa shape index (κ3) is 4.64. The first-order chi connectivity index (χ1) is 11.3. The molecule has 1 heterocycles. The molecule has 0 radical (unpaired) electrons. The number of nitrogens with two attached hydrogens (primary N) is 1. The summed E-state index contributed by atoms with van der Waals surface area (Å²) < 4.78 is 5.90. The van der Waals surface area contributed by atoms with E-state index in [1.807, 2.05) is 29.2 Å². The number of amides is 1. The number of hydrogen-bond acceptors (Lipinski definition) is 3. The van der Waals surface area contributed by atoms with Gasteiger partial charge in [0.05, 0.1) is 6.61 Å². The molecule has 1 amide bonds. The van der Waals surface area contributed by atoms with Gasteiger partial charge in [-0.2, -0.15) is 0 Å². The molecule has 0 aromatic heterocycles. The smallest absolute Gasteiger partial charge is 0.254 e. The molecule has 2 aliphatic rings. The largest absolute Gasteiger partial charge is 0.493 e. The van der Waals surface area contributed by atoms with Crippen LogP contribution in [-0.4, -0.2) is 36.5 Å². The van der Waals surface area contributed by atoms with Crippen LogP contribution in [0.2, 0.25) is 0 Å². The fraction of sp³-hybridized carbons (Fsp3) is 0.632. The number of carbonyl (C=O) groups excluding carboxylic acids is 1. The molecule has 4 nitrogen and oxygen atoms in total. The van der Waals surface area contributed by atoms with Crippen LogP contribution in [0.25, 0.3) is 0 Å². The van der Waals surface area contributed by atoms with Crippen molar-refractivity contribution in [1.82, 2.24) is 4.90 Å². The molecule has 24 heavy (non-hydrogen) atoms. The Morgan fingerprint density at radius 1 is 1.08 bits per heavy atom. The molecule has 5 heteroatoms. The number of ether oxygens (including phenoxy) is 1. The Kier molecular flexibility index (Phi) is 7.38. The lowest BCUT2D eigenvalue weighted by molar-refractivity contribution is 0.0741. The minimum atomic E-state index is 0. The number of likely N-dealkylation sites (tertiary alicyclic amines) is 1. The van der Waals surface area contributed by atoms with E-state index in [1.54, 1.807) is 0 Å². The molecule has 2 N–H and O–H groups in total. The first kappa shape index (κ1) is 19.1. The standard InChI is InChI=1S/C19H28N2O2.ClH/c20-13-17-7-4-12-21(17)19(22)16-8-10-18(11-9-16)23-14-15-5-2-1-3-6-15;/h8-11,15,17H,1-7,12-14,20H2;1H. The average Bonchev–Trinajstić information content (AvgIpc) is 3.09.